The Balaban J connectivity index is 0. The van der Waals surface area contributed by atoms with Crippen molar-refractivity contribution in [2.45, 2.75) is 0 Å². The second-order valence-corrected chi connectivity index (χ2v) is 0. The van der Waals surface area contributed by atoms with Gasteiger partial charge in [0, 0.05) is 105 Å². The van der Waals surface area contributed by atoms with Gasteiger partial charge in [-0.25, -0.2) is 0 Å². The largest absolute Gasteiger partial charge is 0 e. The van der Waals surface area contributed by atoms with Gasteiger partial charge in [0.25, 0.3) is 0 Å². The van der Waals surface area contributed by atoms with Crippen molar-refractivity contribution in [1.29, 1.82) is 0 Å². The van der Waals surface area contributed by atoms with Crippen LogP contribution in [0.5, 0.6) is 0 Å². The van der Waals surface area contributed by atoms with E-state index in [0.29, 0.717) is 0 Å². The molecule has 0 bridgehead atoms. The van der Waals surface area contributed by atoms with Crippen LogP contribution in [0, 0.1) is 77.3 Å². The maximum atomic E-state index is 0. The second-order valence-electron chi connectivity index (χ2n) is 0. The molecule has 0 aliphatic rings. The Bertz CT molecular complexity index is 8.00. The molecule has 0 rings (SSSR count). The van der Waals surface area contributed by atoms with Gasteiger partial charge in [-0.1, -0.05) is 0 Å². The quantitative estimate of drug-likeness (QED) is 0.515. The molecule has 0 fully saturated rings. The molecule has 0 N–H and O–H groups in total. The van der Waals surface area contributed by atoms with E-state index >= 15 is 0 Å². The predicted molar refractivity (Wildman–Crippen MR) is 5.75 cm³/mol. The Labute approximate surface area is 103 Å². The van der Waals surface area contributed by atoms with Crippen molar-refractivity contribution in [2.75, 3.05) is 0 Å². The molecule has 0 spiro atoms. The molecule has 0 aliphatic heterocycles. The Morgan fingerprint density at radius 3 is 1.00 bits per heavy atom. The summed E-state index contributed by atoms with van der Waals surface area (Å²) in [6.07, 6.45) is 0. The van der Waals surface area contributed by atoms with Crippen LogP contribution < -0.4 is 0 Å². The van der Waals surface area contributed by atoms with Gasteiger partial charge in [-0.15, -0.1) is 0 Å². The van der Waals surface area contributed by atoms with Crippen LogP contribution in [0.1, 0.15) is 0 Å². The van der Waals surface area contributed by atoms with E-state index in [9.17, 15) is 0 Å². The first-order chi connectivity index (χ1) is 0. The van der Waals surface area contributed by atoms with Crippen LogP contribution in [0.4, 0.5) is 0 Å². The molecule has 0 atom stereocenters. The summed E-state index contributed by atoms with van der Waals surface area (Å²) < 4.78 is 0. The summed E-state index contributed by atoms with van der Waals surface area (Å²) in [6.45, 7) is 0. The molecule has 0 aliphatic carbocycles. The topological polar surface area (TPSA) is 0 Å². The van der Waals surface area contributed by atoms with Gasteiger partial charge in [0.15, 0.2) is 0 Å². The fourth-order valence-electron chi connectivity index (χ4n) is 0. The van der Waals surface area contributed by atoms with Crippen molar-refractivity contribution in [2.24, 2.45) is 0 Å². The van der Waals surface area contributed by atoms with Crippen LogP contribution >= 0.6 is 0 Å². The fraction of sp³-hybridized carbons (Fsp3) is 0. The maximum absolute atomic E-state index is 0. The summed E-state index contributed by atoms with van der Waals surface area (Å²) in [5.74, 6) is 0. The molecule has 0 saturated heterocycles. The molecule has 0 heterocycles. The van der Waals surface area contributed by atoms with E-state index in [-0.39, 0.29) is 105 Å². The Morgan fingerprint density at radius 1 is 1.00 bits per heavy atom. The first-order valence-electron chi connectivity index (χ1n) is 0. The van der Waals surface area contributed by atoms with E-state index in [1.54, 1.807) is 0 Å². The van der Waals surface area contributed by atoms with E-state index < -0.39 is 0 Å². The normalized spacial score (nSPS) is 0. The van der Waals surface area contributed by atoms with Gasteiger partial charge >= 0.3 is 0 Å². The third-order valence-electron chi connectivity index (χ3n) is 0. The first-order valence-corrected chi connectivity index (χ1v) is 0. The van der Waals surface area contributed by atoms with E-state index in [1.165, 1.54) is 0 Å². The second kappa shape index (κ2) is 16.2. The van der Waals surface area contributed by atoms with Gasteiger partial charge in [-0.2, -0.15) is 0 Å². The first kappa shape index (κ1) is 26.6. The molecule has 4 heavy (non-hydrogen) atoms. The summed E-state index contributed by atoms with van der Waals surface area (Å²) in [5.41, 5.74) is 0. The molecule has 0 unspecified atom stereocenters. The van der Waals surface area contributed by atoms with Crippen molar-refractivity contribution in [3.05, 3.63) is 0 Å². The molecule has 5 radical (unpaired) electrons. The monoisotopic (exact) mass is 363 g/mol. The van der Waals surface area contributed by atoms with Crippen molar-refractivity contribution in [3.63, 3.8) is 0 Å². The van der Waals surface area contributed by atoms with Crippen molar-refractivity contribution in [3.8, 4) is 0 Å². The number of hydrogen-bond donors (Lipinski definition) is 0. The Morgan fingerprint density at radius 2 is 1.00 bits per heavy atom. The summed E-state index contributed by atoms with van der Waals surface area (Å²) in [6, 6.07) is 0. The van der Waals surface area contributed by atoms with Crippen LogP contribution in [0.15, 0.2) is 0 Å². The van der Waals surface area contributed by atoms with Crippen LogP contribution in [-0.4, -0.2) is 11.0 Å². The number of rotatable bonds is 0. The van der Waals surface area contributed by atoms with E-state index in [4.69, 9.17) is 0 Å². The molecule has 0 aromatic carbocycles. The van der Waals surface area contributed by atoms with Gasteiger partial charge in [0.2, 0.25) is 0 Å². The summed E-state index contributed by atoms with van der Waals surface area (Å²) >= 11 is 0. The fourth-order valence-corrected chi connectivity index (χ4v) is 0. The standard InChI is InChI=1S/Ce.Fe.La.Si. The van der Waals surface area contributed by atoms with Crippen LogP contribution in [0.3, 0.4) is 0 Å². The third kappa shape index (κ3) is 9.00. The van der Waals surface area contributed by atoms with Crippen LogP contribution in [0.25, 0.3) is 0 Å². The van der Waals surface area contributed by atoms with Crippen molar-refractivity contribution >= 4 is 11.0 Å². The zero-order chi connectivity index (χ0) is 0. The Kier molecular flexibility index (Phi) is 108. The molecule has 4 heteroatoms. The summed E-state index contributed by atoms with van der Waals surface area (Å²) in [4.78, 5) is 0. The third-order valence-corrected chi connectivity index (χ3v) is 0. The molecule has 0 saturated carbocycles. The minimum Gasteiger partial charge on any atom is 0 e. The molecular weight excluding hydrogens is 363 g/mol. The SMILES string of the molecule is [Ce].[Fe].[La].[Si]. The van der Waals surface area contributed by atoms with E-state index in [0.717, 1.165) is 0 Å². The molecule has 0 amide bonds. The maximum Gasteiger partial charge on any atom is 0 e. The minimum atomic E-state index is 0. The van der Waals surface area contributed by atoms with Gasteiger partial charge in [0.1, 0.15) is 0 Å². The Hall–Kier alpha value is 3.31. The summed E-state index contributed by atoms with van der Waals surface area (Å²) in [7, 11) is 0. The minimum absolute atomic E-state index is 0. The molecule has 0 aromatic heterocycles. The zero-order valence-corrected chi connectivity index (χ0v) is 10.8. The average Bonchev–Trinajstić information content (AvgIpc) is 0. The average molecular weight is 363 g/mol. The summed E-state index contributed by atoms with van der Waals surface area (Å²) in [5, 5.41) is 0. The molecule has 0 nitrogen and oxygen atoms in total. The van der Waals surface area contributed by atoms with Crippen molar-refractivity contribution < 1.29 is 94.4 Å². The van der Waals surface area contributed by atoms with E-state index in [2.05, 4.69) is 0 Å². The van der Waals surface area contributed by atoms with Crippen LogP contribution in [0.2, 0.25) is 0 Å². The number of hydrogen-bond acceptors (Lipinski definition) is 0. The zero-order valence-electron chi connectivity index (χ0n) is 1.93. The van der Waals surface area contributed by atoms with Crippen LogP contribution in [-0.2, 0) is 17.1 Å². The molecule has 0 aromatic rings. The van der Waals surface area contributed by atoms with Gasteiger partial charge in [0.05, 0.1) is 0 Å². The smallest absolute Gasteiger partial charge is 0 e. The van der Waals surface area contributed by atoms with E-state index in [1.807, 2.05) is 0 Å². The molecule has 19 valence electrons. The predicted octanol–water partition coefficient (Wildman–Crippen LogP) is -0.383. The van der Waals surface area contributed by atoms with Crippen molar-refractivity contribution in [1.82, 2.24) is 0 Å². The molecular formula is CeFeLaSi. The van der Waals surface area contributed by atoms with Gasteiger partial charge in [-0.05, 0) is 0 Å². The van der Waals surface area contributed by atoms with Gasteiger partial charge in [-0.3, -0.25) is 0 Å². The van der Waals surface area contributed by atoms with Gasteiger partial charge < -0.3 is 0 Å².